The second kappa shape index (κ2) is 4.19. The molecule has 1 aromatic carbocycles. The molecule has 0 saturated carbocycles. The summed E-state index contributed by atoms with van der Waals surface area (Å²) in [6.07, 6.45) is 0. The van der Waals surface area contributed by atoms with E-state index in [2.05, 4.69) is 4.74 Å². The Morgan fingerprint density at radius 1 is 1.17 bits per heavy atom. The van der Waals surface area contributed by atoms with Gasteiger partial charge < -0.3 is 4.74 Å². The molecule has 0 spiro atoms. The molecule has 0 aliphatic carbocycles. The van der Waals surface area contributed by atoms with Gasteiger partial charge in [-0.15, -0.1) is 0 Å². The molecule has 0 bridgehead atoms. The highest BCUT2D eigenvalue weighted by Crippen LogP contribution is 2.36. The fourth-order valence-electron chi connectivity index (χ4n) is 0.683. The molecule has 2 nitrogen and oxygen atoms in total. The molecule has 0 aromatic heterocycles. The van der Waals surface area contributed by atoms with E-state index in [1.165, 1.54) is 12.1 Å². The number of hydrogen-bond donors (Lipinski definition) is 0. The van der Waals surface area contributed by atoms with E-state index in [-0.39, 0.29) is 15.8 Å². The van der Waals surface area contributed by atoms with Gasteiger partial charge in [-0.1, -0.05) is 34.8 Å². The Bertz CT molecular complexity index is 288. The number of benzene rings is 1. The van der Waals surface area contributed by atoms with Crippen LogP contribution in [0.4, 0.5) is 0 Å². The maximum Gasteiger partial charge on any atom is 0.221 e. The van der Waals surface area contributed by atoms with E-state index in [1.807, 2.05) is 0 Å². The maximum absolute atomic E-state index is 10.1. The highest BCUT2D eigenvalue weighted by atomic mass is 35.5. The maximum atomic E-state index is 10.1. The molecule has 0 unspecified atom stereocenters. The lowest BCUT2D eigenvalue weighted by Gasteiger charge is -2.05. The van der Waals surface area contributed by atoms with E-state index < -0.39 is 6.79 Å². The standard InChI is InChI=1S/C7H4Cl3O2/c8-4-1-2-5(12-3-11)7(10)6(4)9/h1-2H,3H2. The van der Waals surface area contributed by atoms with E-state index in [9.17, 15) is 5.11 Å². The summed E-state index contributed by atoms with van der Waals surface area (Å²) >= 11 is 17.0. The zero-order valence-electron chi connectivity index (χ0n) is 5.81. The predicted octanol–water partition coefficient (Wildman–Crippen LogP) is 3.41. The largest absolute Gasteiger partial charge is 0.463 e. The summed E-state index contributed by atoms with van der Waals surface area (Å²) in [5, 5.41) is 10.8. The van der Waals surface area contributed by atoms with Crippen LogP contribution in [0.3, 0.4) is 0 Å². The third-order valence-corrected chi connectivity index (χ3v) is 2.49. The topological polar surface area (TPSA) is 29.1 Å². The van der Waals surface area contributed by atoms with Crippen LogP contribution < -0.4 is 4.74 Å². The lowest BCUT2D eigenvalue weighted by molar-refractivity contribution is 0.0377. The molecule has 1 aromatic rings. The second-order valence-corrected chi connectivity index (χ2v) is 3.10. The Kier molecular flexibility index (Phi) is 3.47. The molecular formula is C7H4Cl3O2. The van der Waals surface area contributed by atoms with Crippen LogP contribution in [0.5, 0.6) is 5.75 Å². The Labute approximate surface area is 84.6 Å². The Morgan fingerprint density at radius 3 is 2.42 bits per heavy atom. The molecule has 0 N–H and O–H groups in total. The van der Waals surface area contributed by atoms with Gasteiger partial charge in [0.2, 0.25) is 6.79 Å². The van der Waals surface area contributed by atoms with E-state index in [0.29, 0.717) is 5.02 Å². The van der Waals surface area contributed by atoms with Crippen LogP contribution in [0.25, 0.3) is 0 Å². The summed E-state index contributed by atoms with van der Waals surface area (Å²) in [5.74, 6) is 0.251. The van der Waals surface area contributed by atoms with Crippen LogP contribution in [0, 0.1) is 0 Å². The van der Waals surface area contributed by atoms with Crippen molar-refractivity contribution < 1.29 is 9.84 Å². The van der Waals surface area contributed by atoms with E-state index >= 15 is 0 Å². The first kappa shape index (κ1) is 9.93. The summed E-state index contributed by atoms with van der Waals surface area (Å²) in [4.78, 5) is 0. The van der Waals surface area contributed by atoms with Gasteiger partial charge in [0.15, 0.2) is 0 Å². The summed E-state index contributed by atoms with van der Waals surface area (Å²) < 4.78 is 4.64. The molecule has 0 aliphatic rings. The molecule has 0 heterocycles. The SMILES string of the molecule is [O]COc1ccc(Cl)c(Cl)c1Cl. The van der Waals surface area contributed by atoms with Crippen LogP contribution in [0.15, 0.2) is 12.1 Å². The van der Waals surface area contributed by atoms with Crippen LogP contribution in [-0.2, 0) is 5.11 Å². The van der Waals surface area contributed by atoms with Gasteiger partial charge >= 0.3 is 0 Å². The van der Waals surface area contributed by atoms with Crippen molar-refractivity contribution in [2.45, 2.75) is 0 Å². The van der Waals surface area contributed by atoms with E-state index in [0.717, 1.165) is 0 Å². The number of rotatable bonds is 2. The number of ether oxygens (including phenoxy) is 1. The van der Waals surface area contributed by atoms with Crippen molar-refractivity contribution in [2.24, 2.45) is 0 Å². The third kappa shape index (κ3) is 1.96. The first-order valence-corrected chi connectivity index (χ1v) is 4.14. The summed E-state index contributed by atoms with van der Waals surface area (Å²) in [6.45, 7) is -0.697. The van der Waals surface area contributed by atoms with Crippen LogP contribution in [0.2, 0.25) is 15.1 Å². The molecule has 1 radical (unpaired) electrons. The minimum absolute atomic E-state index is 0.167. The Hall–Kier alpha value is -0.150. The molecule has 1 rings (SSSR count). The Balaban J connectivity index is 3.08. The lowest BCUT2D eigenvalue weighted by atomic mass is 10.3. The van der Waals surface area contributed by atoms with Crippen molar-refractivity contribution in [3.8, 4) is 5.75 Å². The van der Waals surface area contributed by atoms with Gasteiger partial charge in [0.25, 0.3) is 0 Å². The van der Waals surface area contributed by atoms with Gasteiger partial charge in [0.1, 0.15) is 10.8 Å². The second-order valence-electron chi connectivity index (χ2n) is 1.94. The molecule has 5 heteroatoms. The predicted molar refractivity (Wildman–Crippen MR) is 47.7 cm³/mol. The van der Waals surface area contributed by atoms with Gasteiger partial charge in [-0.25, -0.2) is 0 Å². The van der Waals surface area contributed by atoms with Crippen LogP contribution in [0.1, 0.15) is 0 Å². The zero-order chi connectivity index (χ0) is 9.14. The molecule has 0 atom stereocenters. The van der Waals surface area contributed by atoms with Gasteiger partial charge in [0.05, 0.1) is 10.0 Å². The van der Waals surface area contributed by atoms with Crippen molar-refractivity contribution >= 4 is 34.8 Å². The average molecular weight is 226 g/mol. The van der Waals surface area contributed by atoms with Crippen molar-refractivity contribution in [1.82, 2.24) is 0 Å². The minimum Gasteiger partial charge on any atom is -0.463 e. The van der Waals surface area contributed by atoms with Gasteiger partial charge in [-0.3, -0.25) is 0 Å². The van der Waals surface area contributed by atoms with E-state index in [4.69, 9.17) is 34.8 Å². The summed E-state index contributed by atoms with van der Waals surface area (Å²) in [5.41, 5.74) is 0. The molecule has 0 fully saturated rings. The molecule has 65 valence electrons. The van der Waals surface area contributed by atoms with Gasteiger partial charge in [-0.05, 0) is 12.1 Å². The highest BCUT2D eigenvalue weighted by Gasteiger charge is 2.08. The molecule has 12 heavy (non-hydrogen) atoms. The third-order valence-electron chi connectivity index (χ3n) is 1.21. The summed E-state index contributed by atoms with van der Waals surface area (Å²) in [7, 11) is 0. The molecule has 0 saturated heterocycles. The van der Waals surface area contributed by atoms with E-state index in [1.54, 1.807) is 0 Å². The van der Waals surface area contributed by atoms with Gasteiger partial charge in [-0.2, -0.15) is 5.11 Å². The first-order valence-electron chi connectivity index (χ1n) is 3.01. The smallest absolute Gasteiger partial charge is 0.221 e. The van der Waals surface area contributed by atoms with Crippen molar-refractivity contribution in [2.75, 3.05) is 6.79 Å². The molecule has 0 aliphatic heterocycles. The van der Waals surface area contributed by atoms with Crippen molar-refractivity contribution in [3.05, 3.63) is 27.2 Å². The lowest BCUT2D eigenvalue weighted by Crippen LogP contribution is -1.93. The first-order chi connectivity index (χ1) is 5.66. The number of halogens is 3. The van der Waals surface area contributed by atoms with Crippen molar-refractivity contribution in [1.29, 1.82) is 0 Å². The van der Waals surface area contributed by atoms with Crippen LogP contribution in [-0.4, -0.2) is 6.79 Å². The number of hydrogen-bond acceptors (Lipinski definition) is 1. The summed E-state index contributed by atoms with van der Waals surface area (Å²) in [6, 6.07) is 3.01. The van der Waals surface area contributed by atoms with Gasteiger partial charge in [0, 0.05) is 0 Å². The quantitative estimate of drug-likeness (QED) is 0.561. The normalized spacial score (nSPS) is 10.0. The van der Waals surface area contributed by atoms with Crippen molar-refractivity contribution in [3.63, 3.8) is 0 Å². The fraction of sp³-hybridized carbons (Fsp3) is 0.143. The highest BCUT2D eigenvalue weighted by molar-refractivity contribution is 6.48. The molecular weight excluding hydrogens is 222 g/mol. The molecule has 0 amide bonds. The zero-order valence-corrected chi connectivity index (χ0v) is 8.08. The fourth-order valence-corrected chi connectivity index (χ4v) is 1.26. The minimum atomic E-state index is -0.697. The monoisotopic (exact) mass is 225 g/mol. The van der Waals surface area contributed by atoms with Crippen LogP contribution >= 0.6 is 34.8 Å². The Morgan fingerprint density at radius 2 is 1.83 bits per heavy atom. The average Bonchev–Trinajstić information content (AvgIpc) is 2.07.